The van der Waals surface area contributed by atoms with Crippen LogP contribution in [0.15, 0.2) is 60.7 Å². The number of rotatable bonds is 7. The molecule has 3 aliphatic rings. The van der Waals surface area contributed by atoms with Crippen molar-refractivity contribution in [3.05, 3.63) is 82.9 Å². The lowest BCUT2D eigenvalue weighted by atomic mass is 9.93. The maximum atomic E-state index is 13.7. The van der Waals surface area contributed by atoms with Crippen LogP contribution in [0.4, 0.5) is 11.4 Å². The first-order valence-electron chi connectivity index (χ1n) is 14.9. The Balaban J connectivity index is 1.09. The highest BCUT2D eigenvalue weighted by Gasteiger charge is 2.40. The maximum Gasteiger partial charge on any atom is 0.263 e. The quantitative estimate of drug-likeness (QED) is 0.383. The summed E-state index contributed by atoms with van der Waals surface area (Å²) in [5.74, 6) is 0.770. The fourth-order valence-electron chi connectivity index (χ4n) is 6.44. The van der Waals surface area contributed by atoms with Crippen LogP contribution in [-0.4, -0.2) is 81.0 Å². The van der Waals surface area contributed by atoms with Crippen molar-refractivity contribution in [3.63, 3.8) is 0 Å². The number of amides is 3. The Labute approximate surface area is 252 Å². The molecule has 0 spiro atoms. The number of methoxy groups -OCH3 is 2. The number of carbonyl (C=O) groups is 3. The van der Waals surface area contributed by atoms with Crippen LogP contribution in [0.1, 0.15) is 44.7 Å². The molecule has 2 saturated heterocycles. The second-order valence-electron chi connectivity index (χ2n) is 11.5. The summed E-state index contributed by atoms with van der Waals surface area (Å²) in [5, 5.41) is 0. The molecule has 3 aromatic carbocycles. The predicted molar refractivity (Wildman–Crippen MR) is 165 cm³/mol. The number of imide groups is 1. The Hall–Kier alpha value is -4.53. The molecular weight excluding hydrogens is 544 g/mol. The lowest BCUT2D eigenvalue weighted by Crippen LogP contribution is -2.51. The van der Waals surface area contributed by atoms with E-state index in [1.807, 2.05) is 23.1 Å². The molecule has 3 aliphatic heterocycles. The standard InChI is InChI=1S/C34H38N4O5/c1-23-7-10-26(11-8-23)35-17-19-37(20-18-35)32(39)24-13-15-36(16-14-24)29-6-4-5-28-31(29)34(41)38(33(28)40)22-25-9-12-27(42-2)21-30(25)43-3/h4-12,21,24H,13-20,22H2,1-3H3. The summed E-state index contributed by atoms with van der Waals surface area (Å²) in [7, 11) is 3.13. The lowest BCUT2D eigenvalue weighted by Gasteiger charge is -2.40. The number of aryl methyl sites for hydroxylation is 1. The predicted octanol–water partition coefficient (Wildman–Crippen LogP) is 4.37. The first kappa shape index (κ1) is 28.6. The number of fused-ring (bicyclic) bond motifs is 1. The first-order chi connectivity index (χ1) is 20.9. The van der Waals surface area contributed by atoms with Gasteiger partial charge in [-0.25, -0.2) is 0 Å². The maximum absolute atomic E-state index is 13.7. The van der Waals surface area contributed by atoms with Crippen LogP contribution in [0.25, 0.3) is 0 Å². The van der Waals surface area contributed by atoms with E-state index < -0.39 is 0 Å². The van der Waals surface area contributed by atoms with Crippen molar-refractivity contribution in [1.29, 1.82) is 0 Å². The molecule has 2 fully saturated rings. The van der Waals surface area contributed by atoms with Crippen molar-refractivity contribution >= 4 is 29.1 Å². The molecule has 224 valence electrons. The highest BCUT2D eigenvalue weighted by atomic mass is 16.5. The summed E-state index contributed by atoms with van der Waals surface area (Å²) in [4.78, 5) is 48.3. The van der Waals surface area contributed by atoms with Gasteiger partial charge in [-0.1, -0.05) is 23.8 Å². The van der Waals surface area contributed by atoms with Crippen LogP contribution in [0.2, 0.25) is 0 Å². The van der Waals surface area contributed by atoms with E-state index >= 15 is 0 Å². The smallest absolute Gasteiger partial charge is 0.263 e. The first-order valence-corrected chi connectivity index (χ1v) is 14.9. The van der Waals surface area contributed by atoms with Crippen LogP contribution in [-0.2, 0) is 11.3 Å². The van der Waals surface area contributed by atoms with Crippen molar-refractivity contribution in [2.75, 3.05) is 63.3 Å². The minimum absolute atomic E-state index is 0.0321. The average Bonchev–Trinajstić information content (AvgIpc) is 3.30. The molecule has 0 aromatic heterocycles. The largest absolute Gasteiger partial charge is 0.497 e. The van der Waals surface area contributed by atoms with Gasteiger partial charge in [-0.15, -0.1) is 0 Å². The molecule has 9 heteroatoms. The van der Waals surface area contributed by atoms with Crippen molar-refractivity contribution in [1.82, 2.24) is 9.80 Å². The molecule has 3 aromatic rings. The van der Waals surface area contributed by atoms with Crippen LogP contribution >= 0.6 is 0 Å². The molecule has 0 unspecified atom stereocenters. The molecule has 3 heterocycles. The van der Waals surface area contributed by atoms with E-state index in [9.17, 15) is 14.4 Å². The number of anilines is 2. The SMILES string of the molecule is COc1ccc(CN2C(=O)c3cccc(N4CCC(C(=O)N5CCN(c6ccc(C)cc6)CC5)CC4)c3C2=O)c(OC)c1. The fraction of sp³-hybridized carbons (Fsp3) is 0.382. The van der Waals surface area contributed by atoms with E-state index in [1.165, 1.54) is 16.2 Å². The topological polar surface area (TPSA) is 82.6 Å². The highest BCUT2D eigenvalue weighted by molar-refractivity contribution is 6.23. The van der Waals surface area contributed by atoms with Gasteiger partial charge in [-0.05, 0) is 56.2 Å². The molecule has 0 aliphatic carbocycles. The van der Waals surface area contributed by atoms with Crippen molar-refractivity contribution in [3.8, 4) is 11.5 Å². The summed E-state index contributed by atoms with van der Waals surface area (Å²) < 4.78 is 10.8. The minimum Gasteiger partial charge on any atom is -0.497 e. The number of hydrogen-bond donors (Lipinski definition) is 0. The van der Waals surface area contributed by atoms with Gasteiger partial charge in [0, 0.05) is 62.5 Å². The molecule has 6 rings (SSSR count). The second-order valence-corrected chi connectivity index (χ2v) is 11.5. The van der Waals surface area contributed by atoms with Crippen LogP contribution in [0.5, 0.6) is 11.5 Å². The molecule has 0 radical (unpaired) electrons. The zero-order chi connectivity index (χ0) is 30.1. The second kappa shape index (κ2) is 12.0. The number of hydrogen-bond acceptors (Lipinski definition) is 7. The summed E-state index contributed by atoms with van der Waals surface area (Å²) in [6, 6.07) is 19.4. The van der Waals surface area contributed by atoms with E-state index in [-0.39, 0.29) is 30.2 Å². The third-order valence-corrected chi connectivity index (χ3v) is 8.98. The van der Waals surface area contributed by atoms with Crippen molar-refractivity contribution in [2.24, 2.45) is 5.92 Å². The number of piperazine rings is 1. The number of benzene rings is 3. The van der Waals surface area contributed by atoms with Gasteiger partial charge < -0.3 is 24.2 Å². The van der Waals surface area contributed by atoms with Gasteiger partial charge in [0.15, 0.2) is 0 Å². The third-order valence-electron chi connectivity index (χ3n) is 8.98. The van der Waals surface area contributed by atoms with Gasteiger partial charge in [0.1, 0.15) is 11.5 Å². The van der Waals surface area contributed by atoms with E-state index in [0.717, 1.165) is 50.3 Å². The van der Waals surface area contributed by atoms with Crippen LogP contribution in [0.3, 0.4) is 0 Å². The number of ether oxygens (including phenoxy) is 2. The monoisotopic (exact) mass is 582 g/mol. The van der Waals surface area contributed by atoms with Crippen LogP contribution < -0.4 is 19.3 Å². The Morgan fingerprint density at radius 1 is 0.814 bits per heavy atom. The number of piperidine rings is 1. The van der Waals surface area contributed by atoms with Gasteiger partial charge in [-0.2, -0.15) is 0 Å². The zero-order valence-corrected chi connectivity index (χ0v) is 25.0. The van der Waals surface area contributed by atoms with Gasteiger partial charge in [0.25, 0.3) is 11.8 Å². The normalized spacial score (nSPS) is 17.4. The molecule has 0 saturated carbocycles. The van der Waals surface area contributed by atoms with Gasteiger partial charge in [0.2, 0.25) is 5.91 Å². The molecule has 43 heavy (non-hydrogen) atoms. The van der Waals surface area contributed by atoms with Crippen LogP contribution in [0, 0.1) is 12.8 Å². The Morgan fingerprint density at radius 3 is 2.21 bits per heavy atom. The van der Waals surface area contributed by atoms with E-state index in [2.05, 4.69) is 41.0 Å². The molecule has 0 bridgehead atoms. The summed E-state index contributed by atoms with van der Waals surface area (Å²) >= 11 is 0. The molecular formula is C34H38N4O5. The average molecular weight is 583 g/mol. The zero-order valence-electron chi connectivity index (χ0n) is 25.0. The number of carbonyl (C=O) groups excluding carboxylic acids is 3. The molecule has 3 amide bonds. The van der Waals surface area contributed by atoms with Gasteiger partial charge >= 0.3 is 0 Å². The lowest BCUT2D eigenvalue weighted by molar-refractivity contribution is -0.136. The summed E-state index contributed by atoms with van der Waals surface area (Å²) in [6.07, 6.45) is 1.44. The molecule has 0 atom stereocenters. The number of nitrogens with zero attached hydrogens (tertiary/aromatic N) is 4. The summed E-state index contributed by atoms with van der Waals surface area (Å²) in [6.45, 7) is 6.62. The molecule has 9 nitrogen and oxygen atoms in total. The third kappa shape index (κ3) is 5.51. The van der Waals surface area contributed by atoms with Gasteiger partial charge in [0.05, 0.1) is 37.6 Å². The minimum atomic E-state index is -0.311. The van der Waals surface area contributed by atoms with E-state index in [0.29, 0.717) is 35.7 Å². The Morgan fingerprint density at radius 2 is 1.53 bits per heavy atom. The summed E-state index contributed by atoms with van der Waals surface area (Å²) in [5.41, 5.74) is 4.79. The Bertz CT molecular complexity index is 1520. The van der Waals surface area contributed by atoms with E-state index in [4.69, 9.17) is 9.47 Å². The Kier molecular flexibility index (Phi) is 7.97. The fourth-order valence-corrected chi connectivity index (χ4v) is 6.44. The van der Waals surface area contributed by atoms with Crippen molar-refractivity contribution in [2.45, 2.75) is 26.3 Å². The van der Waals surface area contributed by atoms with Gasteiger partial charge in [-0.3, -0.25) is 19.3 Å². The molecule has 0 N–H and O–H groups in total. The highest BCUT2D eigenvalue weighted by Crippen LogP contribution is 2.36. The van der Waals surface area contributed by atoms with E-state index in [1.54, 1.807) is 32.4 Å². The van der Waals surface area contributed by atoms with Crippen molar-refractivity contribution < 1.29 is 23.9 Å².